The monoisotopic (exact) mass is 426 g/mol. The molecule has 0 radical (unpaired) electrons. The molecule has 2 N–H and O–H groups in total. The molecule has 10 heteroatoms. The molecule has 0 bridgehead atoms. The maximum atomic E-state index is 13.6. The molecule has 0 fully saturated rings. The second kappa shape index (κ2) is 7.40. The number of aryl methyl sites for hydroxylation is 1. The van der Waals surface area contributed by atoms with E-state index >= 15 is 0 Å². The highest BCUT2D eigenvalue weighted by Gasteiger charge is 2.36. The first-order valence-electron chi connectivity index (χ1n) is 8.28. The zero-order chi connectivity index (χ0) is 21.5. The molecule has 1 heterocycles. The van der Waals surface area contributed by atoms with E-state index in [1.54, 1.807) is 0 Å². The summed E-state index contributed by atoms with van der Waals surface area (Å²) in [7, 11) is 0. The number of hydrogen-bond acceptors (Lipinski definition) is 4. The minimum absolute atomic E-state index is 0.00771. The summed E-state index contributed by atoms with van der Waals surface area (Å²) in [6, 6.07) is 5.51. The van der Waals surface area contributed by atoms with Crippen molar-refractivity contribution < 1.29 is 27.8 Å². The van der Waals surface area contributed by atoms with Crippen LogP contribution in [-0.4, -0.2) is 21.0 Å². The highest BCUT2D eigenvalue weighted by atomic mass is 35.5. The summed E-state index contributed by atoms with van der Waals surface area (Å²) in [5.41, 5.74) is -2.02. The SMILES string of the molecule is Cc1nc2cc(C(F)(F)F)c([C@H](C)Oc3ccc(C(=O)O)cc3Cl)cc2c(=O)[nH]1. The molecule has 152 valence electrons. The van der Waals surface area contributed by atoms with Crippen molar-refractivity contribution in [3.05, 3.63) is 68.2 Å². The van der Waals surface area contributed by atoms with Crippen molar-refractivity contribution in [3.63, 3.8) is 0 Å². The van der Waals surface area contributed by atoms with E-state index in [0.717, 1.165) is 18.2 Å². The average Bonchev–Trinajstić information content (AvgIpc) is 2.61. The molecule has 0 unspecified atom stereocenters. The first-order valence-corrected chi connectivity index (χ1v) is 8.66. The van der Waals surface area contributed by atoms with Crippen LogP contribution in [0.25, 0.3) is 10.9 Å². The maximum Gasteiger partial charge on any atom is 0.416 e. The number of H-pyrrole nitrogens is 1. The minimum atomic E-state index is -4.71. The van der Waals surface area contributed by atoms with E-state index in [1.165, 1.54) is 26.0 Å². The van der Waals surface area contributed by atoms with Crippen LogP contribution in [0.1, 0.15) is 40.3 Å². The fourth-order valence-electron chi connectivity index (χ4n) is 2.88. The summed E-state index contributed by atoms with van der Waals surface area (Å²) >= 11 is 6.00. The molecule has 29 heavy (non-hydrogen) atoms. The molecule has 1 atom stereocenters. The lowest BCUT2D eigenvalue weighted by Crippen LogP contribution is -2.17. The van der Waals surface area contributed by atoms with Crippen LogP contribution in [0.4, 0.5) is 13.2 Å². The molecule has 0 aliphatic carbocycles. The van der Waals surface area contributed by atoms with Gasteiger partial charge in [-0.1, -0.05) is 11.6 Å². The van der Waals surface area contributed by atoms with Crippen molar-refractivity contribution in [3.8, 4) is 5.75 Å². The summed E-state index contributed by atoms with van der Waals surface area (Å²) in [6.45, 7) is 2.84. The number of benzene rings is 2. The summed E-state index contributed by atoms with van der Waals surface area (Å²) in [5.74, 6) is -1.01. The quantitative estimate of drug-likeness (QED) is 0.628. The molecule has 3 rings (SSSR count). The molecule has 2 aromatic carbocycles. The predicted octanol–water partition coefficient (Wildman–Crippen LogP) is 4.74. The molecule has 3 aromatic rings. The largest absolute Gasteiger partial charge is 0.484 e. The number of halogens is 4. The number of nitrogens with zero attached hydrogens (tertiary/aromatic N) is 1. The van der Waals surface area contributed by atoms with Gasteiger partial charge in [-0.05, 0) is 44.2 Å². The molecule has 0 amide bonds. The van der Waals surface area contributed by atoms with E-state index in [4.69, 9.17) is 21.4 Å². The Kier molecular flexibility index (Phi) is 5.27. The van der Waals surface area contributed by atoms with E-state index in [0.29, 0.717) is 0 Å². The normalized spacial score (nSPS) is 12.8. The van der Waals surface area contributed by atoms with Gasteiger partial charge in [-0.25, -0.2) is 9.78 Å². The van der Waals surface area contributed by atoms with E-state index in [1.807, 2.05) is 0 Å². The molecular formula is C19H14ClF3N2O4. The highest BCUT2D eigenvalue weighted by molar-refractivity contribution is 6.32. The van der Waals surface area contributed by atoms with Gasteiger partial charge in [0, 0.05) is 5.56 Å². The van der Waals surface area contributed by atoms with Gasteiger partial charge in [-0.3, -0.25) is 4.79 Å². The van der Waals surface area contributed by atoms with Crippen LogP contribution >= 0.6 is 11.6 Å². The predicted molar refractivity (Wildman–Crippen MR) is 99.6 cm³/mol. The van der Waals surface area contributed by atoms with Gasteiger partial charge in [0.05, 0.1) is 27.1 Å². The molecule has 0 aliphatic rings. The number of aromatic nitrogens is 2. The number of carboxylic acids is 1. The van der Waals surface area contributed by atoms with E-state index in [-0.39, 0.29) is 38.6 Å². The number of aromatic carboxylic acids is 1. The van der Waals surface area contributed by atoms with Crippen LogP contribution in [0.3, 0.4) is 0 Å². The molecule has 0 saturated carbocycles. The number of carbonyl (C=O) groups is 1. The number of nitrogens with one attached hydrogen (secondary N) is 1. The molecular weight excluding hydrogens is 413 g/mol. The van der Waals surface area contributed by atoms with Gasteiger partial charge in [-0.2, -0.15) is 13.2 Å². The number of fused-ring (bicyclic) bond motifs is 1. The van der Waals surface area contributed by atoms with E-state index in [9.17, 15) is 22.8 Å². The summed E-state index contributed by atoms with van der Waals surface area (Å²) in [6.07, 6.45) is -5.86. The Labute approximate surface area is 166 Å². The fourth-order valence-corrected chi connectivity index (χ4v) is 3.11. The maximum absolute atomic E-state index is 13.6. The highest BCUT2D eigenvalue weighted by Crippen LogP contribution is 2.38. The van der Waals surface area contributed by atoms with Crippen molar-refractivity contribution in [2.24, 2.45) is 0 Å². The van der Waals surface area contributed by atoms with Gasteiger partial charge in [-0.15, -0.1) is 0 Å². The van der Waals surface area contributed by atoms with E-state index in [2.05, 4.69) is 9.97 Å². The Hall–Kier alpha value is -3.07. The number of hydrogen-bond donors (Lipinski definition) is 2. The smallest absolute Gasteiger partial charge is 0.416 e. The number of carboxylic acid groups (broad SMARTS) is 1. The van der Waals surface area contributed by atoms with Crippen LogP contribution in [0, 0.1) is 6.92 Å². The van der Waals surface area contributed by atoms with Crippen LogP contribution in [0.2, 0.25) is 5.02 Å². The molecule has 0 spiro atoms. The summed E-state index contributed by atoms with van der Waals surface area (Å²) in [5, 5.41) is 8.89. The summed E-state index contributed by atoms with van der Waals surface area (Å²) in [4.78, 5) is 29.5. The summed E-state index contributed by atoms with van der Waals surface area (Å²) < 4.78 is 46.5. The van der Waals surface area contributed by atoms with Crippen LogP contribution < -0.4 is 10.3 Å². The van der Waals surface area contributed by atoms with Crippen molar-refractivity contribution in [2.75, 3.05) is 0 Å². The number of ether oxygens (including phenoxy) is 1. The van der Waals surface area contributed by atoms with Gasteiger partial charge in [0.1, 0.15) is 17.7 Å². The second-order valence-electron chi connectivity index (χ2n) is 6.32. The second-order valence-corrected chi connectivity index (χ2v) is 6.72. The van der Waals surface area contributed by atoms with Crippen molar-refractivity contribution >= 4 is 28.5 Å². The Morgan fingerprint density at radius 1 is 1.28 bits per heavy atom. The first-order chi connectivity index (χ1) is 13.5. The molecule has 1 aromatic heterocycles. The zero-order valence-corrected chi connectivity index (χ0v) is 15.9. The first kappa shape index (κ1) is 20.7. The van der Waals surface area contributed by atoms with Gasteiger partial charge in [0.25, 0.3) is 5.56 Å². The number of aromatic amines is 1. The van der Waals surface area contributed by atoms with E-state index < -0.39 is 29.4 Å². The number of alkyl halides is 3. The van der Waals surface area contributed by atoms with Gasteiger partial charge < -0.3 is 14.8 Å². The Balaban J connectivity index is 2.10. The van der Waals surface area contributed by atoms with Crippen molar-refractivity contribution in [1.82, 2.24) is 9.97 Å². The Morgan fingerprint density at radius 2 is 1.97 bits per heavy atom. The lowest BCUT2D eigenvalue weighted by molar-refractivity contribution is -0.138. The lowest BCUT2D eigenvalue weighted by Gasteiger charge is -2.21. The van der Waals surface area contributed by atoms with Gasteiger partial charge >= 0.3 is 12.1 Å². The third-order valence-corrected chi connectivity index (χ3v) is 4.52. The Bertz CT molecular complexity index is 1170. The third kappa shape index (κ3) is 4.19. The van der Waals surface area contributed by atoms with Crippen LogP contribution in [0.5, 0.6) is 5.75 Å². The van der Waals surface area contributed by atoms with Gasteiger partial charge in [0.15, 0.2) is 0 Å². The Morgan fingerprint density at radius 3 is 2.55 bits per heavy atom. The minimum Gasteiger partial charge on any atom is -0.484 e. The number of rotatable bonds is 4. The molecule has 6 nitrogen and oxygen atoms in total. The molecule has 0 aliphatic heterocycles. The fraction of sp³-hybridized carbons (Fsp3) is 0.211. The standard InChI is InChI=1S/C19H14ClF3N2O4/c1-8(29-16-4-3-10(18(27)28)5-14(16)20)11-6-12-15(7-13(11)19(21,22)23)24-9(2)25-17(12)26/h3-8H,1-2H3,(H,27,28)(H,24,25,26)/t8-/m0/s1. The zero-order valence-electron chi connectivity index (χ0n) is 15.1. The van der Waals surface area contributed by atoms with Crippen LogP contribution in [0.15, 0.2) is 35.1 Å². The van der Waals surface area contributed by atoms with Crippen molar-refractivity contribution in [2.45, 2.75) is 26.1 Å². The topological polar surface area (TPSA) is 92.3 Å². The third-order valence-electron chi connectivity index (χ3n) is 4.22. The lowest BCUT2D eigenvalue weighted by atomic mass is 9.99. The van der Waals surface area contributed by atoms with Crippen LogP contribution in [-0.2, 0) is 6.18 Å². The van der Waals surface area contributed by atoms with Gasteiger partial charge in [0.2, 0.25) is 0 Å². The average molecular weight is 427 g/mol. The molecule has 0 saturated heterocycles. The van der Waals surface area contributed by atoms with Crippen molar-refractivity contribution in [1.29, 1.82) is 0 Å².